The Balaban J connectivity index is 2.46. The van der Waals surface area contributed by atoms with Crippen LogP contribution in [0.3, 0.4) is 0 Å². The average Bonchev–Trinajstić information content (AvgIpc) is 3.04. The predicted molar refractivity (Wildman–Crippen MR) is 111 cm³/mol. The van der Waals surface area contributed by atoms with E-state index in [-0.39, 0.29) is 22.6 Å². The molecule has 0 bridgehead atoms. The number of nitrogens with zero attached hydrogens (tertiary/aromatic N) is 3. The quantitative estimate of drug-likeness (QED) is 0.708. The Bertz CT molecular complexity index is 1030. The standard InChI is InChI=1S/C19H27FN4O3S2/c1-10(2)16-12(17(11(3)4)22-8-13(16)20)7-15(25)24-29(21,27)18-23-9-14(28-18)19(5,6)26/h8-11,26H,7H2,1-6H3,(H2,21,24,25,27). The second kappa shape index (κ2) is 8.55. The van der Waals surface area contributed by atoms with Crippen LogP contribution in [0.2, 0.25) is 0 Å². The van der Waals surface area contributed by atoms with E-state index in [1.54, 1.807) is 13.8 Å². The summed E-state index contributed by atoms with van der Waals surface area (Å²) in [6.45, 7) is 10.6. The molecule has 29 heavy (non-hydrogen) atoms. The van der Waals surface area contributed by atoms with Crippen molar-refractivity contribution in [3.8, 4) is 0 Å². The lowest BCUT2D eigenvalue weighted by Crippen LogP contribution is -2.17. The third kappa shape index (κ3) is 5.44. The van der Waals surface area contributed by atoms with Gasteiger partial charge in [0.1, 0.15) is 5.82 Å². The Morgan fingerprint density at radius 2 is 1.90 bits per heavy atom. The SMILES string of the molecule is CC(C)c1ncc(F)c(C(C)C)c1CC(=O)N=S(N)(=O)c1ncc(C(C)(C)O)s1. The van der Waals surface area contributed by atoms with Crippen molar-refractivity contribution in [2.24, 2.45) is 9.50 Å². The number of thiazole rings is 1. The minimum absolute atomic E-state index is 0.0357. The lowest BCUT2D eigenvalue weighted by molar-refractivity contribution is -0.117. The van der Waals surface area contributed by atoms with Crippen molar-refractivity contribution in [2.45, 2.75) is 69.7 Å². The summed E-state index contributed by atoms with van der Waals surface area (Å²) in [5.74, 6) is -1.44. The van der Waals surface area contributed by atoms with Gasteiger partial charge in [0.25, 0.3) is 5.91 Å². The molecule has 0 fully saturated rings. The number of aromatic nitrogens is 2. The van der Waals surface area contributed by atoms with Crippen LogP contribution in [0, 0.1) is 5.82 Å². The Hall–Kier alpha value is -1.75. The topological polar surface area (TPSA) is 119 Å². The zero-order valence-corrected chi connectivity index (χ0v) is 19.0. The van der Waals surface area contributed by atoms with Gasteiger partial charge >= 0.3 is 0 Å². The van der Waals surface area contributed by atoms with Crippen LogP contribution in [0.4, 0.5) is 4.39 Å². The van der Waals surface area contributed by atoms with Gasteiger partial charge in [-0.2, -0.15) is 0 Å². The van der Waals surface area contributed by atoms with Crippen molar-refractivity contribution in [3.63, 3.8) is 0 Å². The van der Waals surface area contributed by atoms with Crippen LogP contribution in [0.25, 0.3) is 0 Å². The Kier molecular flexibility index (Phi) is 6.93. The van der Waals surface area contributed by atoms with Crippen molar-refractivity contribution >= 4 is 27.2 Å². The molecule has 0 radical (unpaired) electrons. The van der Waals surface area contributed by atoms with Crippen LogP contribution >= 0.6 is 11.3 Å². The second-order valence-electron chi connectivity index (χ2n) is 7.97. The molecule has 10 heteroatoms. The van der Waals surface area contributed by atoms with E-state index < -0.39 is 27.2 Å². The second-order valence-corrected chi connectivity index (χ2v) is 11.0. The van der Waals surface area contributed by atoms with Crippen LogP contribution in [0.1, 0.15) is 75.1 Å². The molecule has 0 spiro atoms. The molecule has 0 aliphatic rings. The minimum atomic E-state index is -3.59. The molecule has 2 rings (SSSR count). The number of carbonyl (C=O) groups is 1. The predicted octanol–water partition coefficient (Wildman–Crippen LogP) is 3.62. The summed E-state index contributed by atoms with van der Waals surface area (Å²) < 4.78 is 30.8. The molecule has 3 N–H and O–H groups in total. The highest BCUT2D eigenvalue weighted by molar-refractivity contribution is 7.93. The maximum absolute atomic E-state index is 14.4. The monoisotopic (exact) mass is 442 g/mol. The molecule has 0 aliphatic heterocycles. The van der Waals surface area contributed by atoms with Gasteiger partial charge in [-0.05, 0) is 36.8 Å². The minimum Gasteiger partial charge on any atom is -0.385 e. The first-order valence-electron chi connectivity index (χ1n) is 9.17. The molecule has 160 valence electrons. The van der Waals surface area contributed by atoms with Crippen molar-refractivity contribution in [3.05, 3.63) is 39.9 Å². The fourth-order valence-electron chi connectivity index (χ4n) is 2.91. The first kappa shape index (κ1) is 23.5. The molecule has 0 saturated heterocycles. The van der Waals surface area contributed by atoms with Gasteiger partial charge in [0.05, 0.1) is 23.1 Å². The lowest BCUT2D eigenvalue weighted by Gasteiger charge is -2.18. The molecule has 1 amide bonds. The Morgan fingerprint density at radius 1 is 1.28 bits per heavy atom. The lowest BCUT2D eigenvalue weighted by atomic mass is 9.90. The molecular formula is C19H27FN4O3S2. The summed E-state index contributed by atoms with van der Waals surface area (Å²) in [6.07, 6.45) is 2.26. The Morgan fingerprint density at radius 3 is 2.38 bits per heavy atom. The summed E-state index contributed by atoms with van der Waals surface area (Å²) in [6, 6.07) is 0. The number of pyridine rings is 1. The van der Waals surface area contributed by atoms with Crippen molar-refractivity contribution in [2.75, 3.05) is 0 Å². The first-order chi connectivity index (χ1) is 13.2. The van der Waals surface area contributed by atoms with Gasteiger partial charge in [0, 0.05) is 11.9 Å². The molecule has 0 saturated carbocycles. The number of rotatable bonds is 6. The van der Waals surface area contributed by atoms with Gasteiger partial charge in [0.2, 0.25) is 4.34 Å². The van der Waals surface area contributed by atoms with E-state index in [0.717, 1.165) is 17.5 Å². The van der Waals surface area contributed by atoms with E-state index in [1.165, 1.54) is 6.20 Å². The summed E-state index contributed by atoms with van der Waals surface area (Å²) in [5.41, 5.74) is 0.270. The van der Waals surface area contributed by atoms with Gasteiger partial charge < -0.3 is 5.11 Å². The molecule has 1 unspecified atom stereocenters. The van der Waals surface area contributed by atoms with Gasteiger partial charge in [0.15, 0.2) is 9.92 Å². The highest BCUT2D eigenvalue weighted by Crippen LogP contribution is 2.30. The van der Waals surface area contributed by atoms with Crippen molar-refractivity contribution in [1.82, 2.24) is 9.97 Å². The zero-order valence-electron chi connectivity index (χ0n) is 17.4. The fourth-order valence-corrected chi connectivity index (χ4v) is 5.07. The van der Waals surface area contributed by atoms with Crippen molar-refractivity contribution in [1.29, 1.82) is 0 Å². The highest BCUT2D eigenvalue weighted by atomic mass is 32.2. The molecule has 0 aromatic carbocycles. The maximum Gasteiger partial charge on any atom is 0.259 e. The van der Waals surface area contributed by atoms with E-state index >= 15 is 0 Å². The summed E-state index contributed by atoms with van der Waals surface area (Å²) >= 11 is 0.934. The number of aliphatic hydroxyl groups is 1. The van der Waals surface area contributed by atoms with Crippen LogP contribution in [-0.2, 0) is 26.7 Å². The summed E-state index contributed by atoms with van der Waals surface area (Å²) in [4.78, 5) is 21.2. The third-order valence-electron chi connectivity index (χ3n) is 4.24. The van der Waals surface area contributed by atoms with E-state index in [1.807, 2.05) is 27.7 Å². The number of hydrogen-bond donors (Lipinski definition) is 2. The fraction of sp³-hybridized carbons (Fsp3) is 0.526. The van der Waals surface area contributed by atoms with Gasteiger partial charge in [-0.15, -0.1) is 15.7 Å². The number of amides is 1. The van der Waals surface area contributed by atoms with Gasteiger partial charge in [-0.1, -0.05) is 27.7 Å². The number of hydrogen-bond acceptors (Lipinski definition) is 6. The maximum atomic E-state index is 14.4. The van der Waals surface area contributed by atoms with Crippen LogP contribution in [-0.4, -0.2) is 25.2 Å². The molecule has 1 atom stereocenters. The average molecular weight is 443 g/mol. The number of nitrogens with two attached hydrogens (primary N) is 1. The van der Waals surface area contributed by atoms with Crippen molar-refractivity contribution < 1.29 is 18.5 Å². The van der Waals surface area contributed by atoms with Crippen LogP contribution in [0.5, 0.6) is 0 Å². The zero-order chi connectivity index (χ0) is 22.1. The van der Waals surface area contributed by atoms with Crippen LogP contribution < -0.4 is 5.14 Å². The van der Waals surface area contributed by atoms with E-state index in [4.69, 9.17) is 5.14 Å². The third-order valence-corrected chi connectivity index (χ3v) is 7.39. The van der Waals surface area contributed by atoms with E-state index in [2.05, 4.69) is 14.3 Å². The molecule has 2 heterocycles. The van der Waals surface area contributed by atoms with Gasteiger partial charge in [-0.3, -0.25) is 9.78 Å². The molecule has 2 aromatic heterocycles. The number of halogens is 1. The normalized spacial score (nSPS) is 14.3. The summed E-state index contributed by atoms with van der Waals surface area (Å²) in [5, 5.41) is 15.8. The smallest absolute Gasteiger partial charge is 0.259 e. The van der Waals surface area contributed by atoms with E-state index in [0.29, 0.717) is 21.7 Å². The Labute approximate surface area is 174 Å². The highest BCUT2D eigenvalue weighted by Gasteiger charge is 2.25. The van der Waals surface area contributed by atoms with Gasteiger partial charge in [-0.25, -0.2) is 18.7 Å². The molecule has 2 aromatic rings. The van der Waals surface area contributed by atoms with E-state index in [9.17, 15) is 18.5 Å². The largest absolute Gasteiger partial charge is 0.385 e. The first-order valence-corrected chi connectivity index (χ1v) is 11.6. The molecule has 0 aliphatic carbocycles. The summed E-state index contributed by atoms with van der Waals surface area (Å²) in [7, 11) is -3.59. The molecule has 7 nitrogen and oxygen atoms in total. The molecular weight excluding hydrogens is 415 g/mol. The number of carbonyl (C=O) groups excluding carboxylic acids is 1. The van der Waals surface area contributed by atoms with Crippen LogP contribution in [0.15, 0.2) is 21.1 Å².